The first-order valence-corrected chi connectivity index (χ1v) is 7.29. The highest BCUT2D eigenvalue weighted by Crippen LogP contribution is 2.18. The van der Waals surface area contributed by atoms with Crippen molar-refractivity contribution in [1.82, 2.24) is 14.7 Å². The maximum absolute atomic E-state index is 12.2. The van der Waals surface area contributed by atoms with E-state index < -0.39 is 0 Å². The molecule has 1 saturated heterocycles. The first kappa shape index (κ1) is 17.3. The Morgan fingerprint density at radius 3 is 2.65 bits per heavy atom. The molecule has 0 bridgehead atoms. The van der Waals surface area contributed by atoms with Crippen molar-refractivity contribution in [2.24, 2.45) is 5.73 Å². The lowest BCUT2D eigenvalue weighted by Crippen LogP contribution is -2.44. The van der Waals surface area contributed by atoms with Gasteiger partial charge in [-0.3, -0.25) is 9.69 Å². The molecule has 1 aliphatic heterocycles. The molecule has 0 aromatic carbocycles. The fourth-order valence-electron chi connectivity index (χ4n) is 2.46. The van der Waals surface area contributed by atoms with Crippen molar-refractivity contribution in [3.05, 3.63) is 0 Å². The number of thiocarbonyl (C=S) groups is 1. The largest absolute Gasteiger partial charge is 0.393 e. The molecular formula is C13H26N4O2S. The monoisotopic (exact) mass is 302 g/mol. The van der Waals surface area contributed by atoms with Crippen LogP contribution in [-0.4, -0.2) is 90.2 Å². The summed E-state index contributed by atoms with van der Waals surface area (Å²) >= 11 is 4.82. The van der Waals surface area contributed by atoms with Gasteiger partial charge < -0.3 is 20.6 Å². The minimum atomic E-state index is -0.338. The highest BCUT2D eigenvalue weighted by Gasteiger charge is 2.32. The average molecular weight is 302 g/mol. The molecule has 20 heavy (non-hydrogen) atoms. The quantitative estimate of drug-likeness (QED) is 0.595. The summed E-state index contributed by atoms with van der Waals surface area (Å²) in [5, 5.41) is 9.79. The molecule has 0 aromatic rings. The number of aliphatic hydroxyl groups is 1. The van der Waals surface area contributed by atoms with Gasteiger partial charge in [0.15, 0.2) is 0 Å². The zero-order valence-electron chi connectivity index (χ0n) is 12.6. The Balaban J connectivity index is 2.48. The van der Waals surface area contributed by atoms with E-state index in [4.69, 9.17) is 18.0 Å². The number of hydrogen-bond acceptors (Lipinski definition) is 5. The molecule has 0 aliphatic carbocycles. The van der Waals surface area contributed by atoms with Gasteiger partial charge in [-0.25, -0.2) is 0 Å². The molecule has 0 spiro atoms. The van der Waals surface area contributed by atoms with E-state index in [-0.39, 0.29) is 18.1 Å². The molecular weight excluding hydrogens is 276 g/mol. The minimum absolute atomic E-state index is 0.0408. The predicted octanol–water partition coefficient (Wildman–Crippen LogP) is -0.882. The Kier molecular flexibility index (Phi) is 6.81. The van der Waals surface area contributed by atoms with Crippen molar-refractivity contribution in [2.75, 3.05) is 47.3 Å². The molecule has 2 unspecified atom stereocenters. The maximum atomic E-state index is 12.2. The minimum Gasteiger partial charge on any atom is -0.393 e. The van der Waals surface area contributed by atoms with Crippen molar-refractivity contribution >= 4 is 23.1 Å². The molecule has 1 aliphatic rings. The van der Waals surface area contributed by atoms with Crippen molar-refractivity contribution in [2.45, 2.75) is 25.0 Å². The van der Waals surface area contributed by atoms with Gasteiger partial charge in [-0.15, -0.1) is 0 Å². The van der Waals surface area contributed by atoms with Crippen LogP contribution in [0.1, 0.15) is 12.8 Å². The van der Waals surface area contributed by atoms with Gasteiger partial charge in [0.2, 0.25) is 5.91 Å². The second-order valence-corrected chi connectivity index (χ2v) is 6.29. The number of amides is 1. The van der Waals surface area contributed by atoms with Gasteiger partial charge in [0.05, 0.1) is 17.6 Å². The molecule has 1 fully saturated rings. The molecule has 7 heteroatoms. The smallest absolute Gasteiger partial charge is 0.236 e. The van der Waals surface area contributed by atoms with Crippen LogP contribution in [0, 0.1) is 0 Å². The Bertz CT molecular complexity index is 351. The molecule has 1 heterocycles. The summed E-state index contributed by atoms with van der Waals surface area (Å²) in [5.74, 6) is 0.0408. The SMILES string of the molecule is CN(C)CC1CC(O)CN1CC(=O)N(C)CCC(N)=S. The number of likely N-dealkylation sites (tertiary alicyclic amines) is 1. The standard InChI is InChI=1S/C13H26N4O2S/c1-15(2)7-10-6-11(18)8-17(10)9-13(19)16(3)5-4-12(14)20/h10-11,18H,4-9H2,1-3H3,(H2,14,20). The first-order valence-electron chi connectivity index (χ1n) is 6.88. The Morgan fingerprint density at radius 2 is 2.10 bits per heavy atom. The summed E-state index contributed by atoms with van der Waals surface area (Å²) in [5.41, 5.74) is 5.44. The van der Waals surface area contributed by atoms with E-state index in [0.29, 0.717) is 31.0 Å². The molecule has 0 radical (unpaired) electrons. The molecule has 116 valence electrons. The zero-order valence-corrected chi connectivity index (χ0v) is 13.4. The zero-order chi connectivity index (χ0) is 15.3. The lowest BCUT2D eigenvalue weighted by atomic mass is 10.2. The van der Waals surface area contributed by atoms with E-state index in [1.807, 2.05) is 14.1 Å². The van der Waals surface area contributed by atoms with E-state index in [1.165, 1.54) is 0 Å². The number of nitrogens with two attached hydrogens (primary N) is 1. The first-order chi connectivity index (χ1) is 9.29. The summed E-state index contributed by atoms with van der Waals surface area (Å²) in [6.07, 6.45) is 0.929. The van der Waals surface area contributed by atoms with Crippen LogP contribution < -0.4 is 5.73 Å². The Morgan fingerprint density at radius 1 is 1.45 bits per heavy atom. The van der Waals surface area contributed by atoms with Crippen LogP contribution in [-0.2, 0) is 4.79 Å². The van der Waals surface area contributed by atoms with E-state index >= 15 is 0 Å². The van der Waals surface area contributed by atoms with Gasteiger partial charge >= 0.3 is 0 Å². The molecule has 6 nitrogen and oxygen atoms in total. The number of β-amino-alcohol motifs (C(OH)–C–C–N with tert-alkyl or cyclic N) is 1. The van der Waals surface area contributed by atoms with Crippen LogP contribution in [0.3, 0.4) is 0 Å². The topological polar surface area (TPSA) is 73.0 Å². The molecule has 2 atom stereocenters. The number of carbonyl (C=O) groups is 1. The van der Waals surface area contributed by atoms with E-state index in [0.717, 1.165) is 13.0 Å². The highest BCUT2D eigenvalue weighted by molar-refractivity contribution is 7.80. The second kappa shape index (κ2) is 7.87. The van der Waals surface area contributed by atoms with Gasteiger partial charge in [-0.05, 0) is 20.5 Å². The van der Waals surface area contributed by atoms with Crippen LogP contribution in [0.2, 0.25) is 0 Å². The summed E-state index contributed by atoms with van der Waals surface area (Å²) in [6.45, 7) is 2.29. The number of rotatable bonds is 7. The summed E-state index contributed by atoms with van der Waals surface area (Å²) in [6, 6.07) is 0.230. The van der Waals surface area contributed by atoms with Gasteiger partial charge in [0, 0.05) is 39.1 Å². The third-order valence-electron chi connectivity index (χ3n) is 3.54. The third kappa shape index (κ3) is 5.70. The Hall–Kier alpha value is -0.760. The predicted molar refractivity (Wildman–Crippen MR) is 83.6 cm³/mol. The number of aliphatic hydroxyl groups excluding tert-OH is 1. The number of likely N-dealkylation sites (N-methyl/N-ethyl adjacent to an activating group) is 2. The maximum Gasteiger partial charge on any atom is 0.236 e. The van der Waals surface area contributed by atoms with Crippen LogP contribution >= 0.6 is 12.2 Å². The van der Waals surface area contributed by atoms with E-state index in [1.54, 1.807) is 11.9 Å². The highest BCUT2D eigenvalue weighted by atomic mass is 32.1. The van der Waals surface area contributed by atoms with E-state index in [2.05, 4.69) is 9.80 Å². The van der Waals surface area contributed by atoms with Crippen molar-refractivity contribution in [1.29, 1.82) is 0 Å². The molecule has 3 N–H and O–H groups in total. The van der Waals surface area contributed by atoms with Gasteiger partial charge in [-0.1, -0.05) is 12.2 Å². The summed E-state index contributed by atoms with van der Waals surface area (Å²) < 4.78 is 0. The van der Waals surface area contributed by atoms with Crippen LogP contribution in [0.4, 0.5) is 0 Å². The van der Waals surface area contributed by atoms with Crippen molar-refractivity contribution in [3.63, 3.8) is 0 Å². The number of carbonyl (C=O) groups excluding carboxylic acids is 1. The van der Waals surface area contributed by atoms with E-state index in [9.17, 15) is 9.90 Å². The van der Waals surface area contributed by atoms with Gasteiger partial charge in [0.1, 0.15) is 0 Å². The van der Waals surface area contributed by atoms with Crippen LogP contribution in [0.15, 0.2) is 0 Å². The fraction of sp³-hybridized carbons (Fsp3) is 0.846. The normalized spacial score (nSPS) is 23.2. The number of nitrogens with zero attached hydrogens (tertiary/aromatic N) is 3. The van der Waals surface area contributed by atoms with Crippen molar-refractivity contribution < 1.29 is 9.90 Å². The second-order valence-electron chi connectivity index (χ2n) is 5.77. The van der Waals surface area contributed by atoms with Crippen molar-refractivity contribution in [3.8, 4) is 0 Å². The summed E-state index contributed by atoms with van der Waals surface area (Å²) in [4.78, 5) is 18.4. The molecule has 1 amide bonds. The number of hydrogen-bond donors (Lipinski definition) is 2. The van der Waals surface area contributed by atoms with Crippen LogP contribution in [0.25, 0.3) is 0 Å². The van der Waals surface area contributed by atoms with Gasteiger partial charge in [-0.2, -0.15) is 0 Å². The lowest BCUT2D eigenvalue weighted by molar-refractivity contribution is -0.131. The summed E-state index contributed by atoms with van der Waals surface area (Å²) in [7, 11) is 5.76. The Labute approximate surface area is 126 Å². The van der Waals surface area contributed by atoms with Gasteiger partial charge in [0.25, 0.3) is 0 Å². The third-order valence-corrected chi connectivity index (χ3v) is 3.74. The fourth-order valence-corrected chi connectivity index (χ4v) is 2.55. The molecule has 0 aromatic heterocycles. The average Bonchev–Trinajstić information content (AvgIpc) is 2.65. The molecule has 0 saturated carbocycles. The lowest BCUT2D eigenvalue weighted by Gasteiger charge is -2.28. The van der Waals surface area contributed by atoms with Crippen LogP contribution in [0.5, 0.6) is 0 Å². The molecule has 1 rings (SSSR count).